The van der Waals surface area contributed by atoms with Crippen molar-refractivity contribution in [1.29, 1.82) is 0 Å². The molecule has 0 saturated heterocycles. The number of rotatable bonds is 6. The van der Waals surface area contributed by atoms with Crippen molar-refractivity contribution >= 4 is 17.5 Å². The molecular formula is C13H22N4O2. The SMILES string of the molecule is COCC[C@H](C)NC(=O)Nc1ccc(N(C)C)cn1. The molecule has 106 valence electrons. The van der Waals surface area contributed by atoms with E-state index in [1.54, 1.807) is 19.4 Å². The van der Waals surface area contributed by atoms with E-state index >= 15 is 0 Å². The van der Waals surface area contributed by atoms with Gasteiger partial charge in [0.1, 0.15) is 5.82 Å². The van der Waals surface area contributed by atoms with E-state index in [9.17, 15) is 4.79 Å². The first-order valence-electron chi connectivity index (χ1n) is 6.22. The highest BCUT2D eigenvalue weighted by Gasteiger charge is 2.07. The summed E-state index contributed by atoms with van der Waals surface area (Å²) in [5, 5.41) is 5.51. The molecule has 0 fully saturated rings. The van der Waals surface area contributed by atoms with E-state index < -0.39 is 0 Å². The Balaban J connectivity index is 2.43. The van der Waals surface area contributed by atoms with Crippen molar-refractivity contribution in [1.82, 2.24) is 10.3 Å². The summed E-state index contributed by atoms with van der Waals surface area (Å²) in [5.41, 5.74) is 0.986. The fraction of sp³-hybridized carbons (Fsp3) is 0.538. The van der Waals surface area contributed by atoms with E-state index in [1.807, 2.05) is 32.0 Å². The molecule has 0 aromatic carbocycles. The molecule has 6 heteroatoms. The summed E-state index contributed by atoms with van der Waals surface area (Å²) in [7, 11) is 5.52. The van der Waals surface area contributed by atoms with Gasteiger partial charge in [0.15, 0.2) is 0 Å². The van der Waals surface area contributed by atoms with Crippen molar-refractivity contribution in [3.05, 3.63) is 18.3 Å². The van der Waals surface area contributed by atoms with Gasteiger partial charge in [-0.25, -0.2) is 9.78 Å². The third-order valence-corrected chi connectivity index (χ3v) is 2.64. The zero-order valence-electron chi connectivity index (χ0n) is 11.9. The topological polar surface area (TPSA) is 66.5 Å². The molecule has 2 amide bonds. The lowest BCUT2D eigenvalue weighted by Crippen LogP contribution is -2.36. The lowest BCUT2D eigenvalue weighted by atomic mass is 10.2. The number of ether oxygens (including phenoxy) is 1. The van der Waals surface area contributed by atoms with Gasteiger partial charge in [-0.1, -0.05) is 0 Å². The first-order chi connectivity index (χ1) is 9.02. The normalized spacial score (nSPS) is 11.8. The zero-order valence-corrected chi connectivity index (χ0v) is 11.9. The van der Waals surface area contributed by atoms with Gasteiger partial charge in [-0.3, -0.25) is 5.32 Å². The monoisotopic (exact) mass is 266 g/mol. The Labute approximate surface area is 114 Å². The van der Waals surface area contributed by atoms with Crippen LogP contribution in [0.4, 0.5) is 16.3 Å². The molecule has 0 unspecified atom stereocenters. The summed E-state index contributed by atoms with van der Waals surface area (Å²) in [6.07, 6.45) is 2.49. The van der Waals surface area contributed by atoms with Gasteiger partial charge in [-0.15, -0.1) is 0 Å². The number of methoxy groups -OCH3 is 1. The second-order valence-electron chi connectivity index (χ2n) is 4.58. The summed E-state index contributed by atoms with van der Waals surface area (Å²) in [6.45, 7) is 2.55. The molecule has 0 saturated carbocycles. The third-order valence-electron chi connectivity index (χ3n) is 2.64. The van der Waals surface area contributed by atoms with Crippen molar-refractivity contribution < 1.29 is 9.53 Å². The number of carbonyl (C=O) groups is 1. The molecule has 0 aliphatic rings. The number of hydrogen-bond acceptors (Lipinski definition) is 4. The van der Waals surface area contributed by atoms with Crippen LogP contribution < -0.4 is 15.5 Å². The average Bonchev–Trinajstić information content (AvgIpc) is 2.36. The molecule has 1 heterocycles. The highest BCUT2D eigenvalue weighted by molar-refractivity contribution is 5.88. The lowest BCUT2D eigenvalue weighted by Gasteiger charge is -2.15. The maximum Gasteiger partial charge on any atom is 0.320 e. The van der Waals surface area contributed by atoms with Crippen molar-refractivity contribution in [2.45, 2.75) is 19.4 Å². The molecule has 0 aliphatic heterocycles. The number of pyridine rings is 1. The van der Waals surface area contributed by atoms with Crippen LogP contribution in [0.15, 0.2) is 18.3 Å². The second kappa shape index (κ2) is 7.58. The van der Waals surface area contributed by atoms with Crippen molar-refractivity contribution in [3.63, 3.8) is 0 Å². The molecular weight excluding hydrogens is 244 g/mol. The van der Waals surface area contributed by atoms with Crippen molar-refractivity contribution in [3.8, 4) is 0 Å². The standard InChI is InChI=1S/C13H22N4O2/c1-10(7-8-19-4)15-13(18)16-12-6-5-11(9-14-12)17(2)3/h5-6,9-10H,7-8H2,1-4H3,(H2,14,15,16,18)/t10-/m0/s1. The van der Waals surface area contributed by atoms with Crippen LogP contribution in [-0.4, -0.2) is 44.9 Å². The Morgan fingerprint density at radius 3 is 2.74 bits per heavy atom. The van der Waals surface area contributed by atoms with Crippen molar-refractivity contribution in [2.75, 3.05) is 38.0 Å². The largest absolute Gasteiger partial charge is 0.385 e. The molecule has 6 nitrogen and oxygen atoms in total. The third kappa shape index (κ3) is 5.56. The lowest BCUT2D eigenvalue weighted by molar-refractivity contribution is 0.185. The molecule has 1 aromatic heterocycles. The number of nitrogens with zero attached hydrogens (tertiary/aromatic N) is 2. The van der Waals surface area contributed by atoms with Crippen LogP contribution in [0.5, 0.6) is 0 Å². The van der Waals surface area contributed by atoms with E-state index in [0.717, 1.165) is 12.1 Å². The highest BCUT2D eigenvalue weighted by atomic mass is 16.5. The minimum Gasteiger partial charge on any atom is -0.385 e. The summed E-state index contributed by atoms with van der Waals surface area (Å²) in [5.74, 6) is 0.530. The molecule has 1 atom stereocenters. The molecule has 1 rings (SSSR count). The minimum atomic E-state index is -0.256. The molecule has 2 N–H and O–H groups in total. The van der Waals surface area contributed by atoms with Crippen LogP contribution in [0.3, 0.4) is 0 Å². The quantitative estimate of drug-likeness (QED) is 0.822. The van der Waals surface area contributed by atoms with E-state index in [2.05, 4.69) is 15.6 Å². The Morgan fingerprint density at radius 2 is 2.21 bits per heavy atom. The van der Waals surface area contributed by atoms with Crippen LogP contribution in [-0.2, 0) is 4.74 Å². The fourth-order valence-electron chi connectivity index (χ4n) is 1.47. The van der Waals surface area contributed by atoms with E-state index in [1.165, 1.54) is 0 Å². The highest BCUT2D eigenvalue weighted by Crippen LogP contribution is 2.11. The van der Waals surface area contributed by atoms with E-state index in [-0.39, 0.29) is 12.1 Å². The first-order valence-corrected chi connectivity index (χ1v) is 6.22. The number of nitrogens with one attached hydrogen (secondary N) is 2. The van der Waals surface area contributed by atoms with Gasteiger partial charge in [0.05, 0.1) is 11.9 Å². The Bertz CT molecular complexity index is 392. The maximum absolute atomic E-state index is 11.7. The number of urea groups is 1. The second-order valence-corrected chi connectivity index (χ2v) is 4.58. The van der Waals surface area contributed by atoms with Gasteiger partial charge < -0.3 is 15.0 Å². The first kappa shape index (κ1) is 15.2. The van der Waals surface area contributed by atoms with Crippen LogP contribution >= 0.6 is 0 Å². The minimum absolute atomic E-state index is 0.0565. The predicted molar refractivity (Wildman–Crippen MR) is 76.7 cm³/mol. The van der Waals surface area contributed by atoms with Gasteiger partial charge in [-0.05, 0) is 25.5 Å². The number of anilines is 2. The van der Waals surface area contributed by atoms with Crippen LogP contribution in [0.1, 0.15) is 13.3 Å². The summed E-state index contributed by atoms with van der Waals surface area (Å²) in [4.78, 5) is 17.8. The Hall–Kier alpha value is -1.82. The van der Waals surface area contributed by atoms with Crippen LogP contribution in [0.2, 0.25) is 0 Å². The molecule has 0 radical (unpaired) electrons. The van der Waals surface area contributed by atoms with Crippen LogP contribution in [0, 0.1) is 0 Å². The summed E-state index contributed by atoms with van der Waals surface area (Å²) in [6, 6.07) is 3.47. The maximum atomic E-state index is 11.7. The Morgan fingerprint density at radius 1 is 1.47 bits per heavy atom. The molecule has 19 heavy (non-hydrogen) atoms. The molecule has 0 aliphatic carbocycles. The smallest absolute Gasteiger partial charge is 0.320 e. The summed E-state index contributed by atoms with van der Waals surface area (Å²) < 4.78 is 4.96. The number of amides is 2. The fourth-order valence-corrected chi connectivity index (χ4v) is 1.47. The van der Waals surface area contributed by atoms with Gasteiger partial charge in [0, 0.05) is 33.9 Å². The summed E-state index contributed by atoms with van der Waals surface area (Å²) >= 11 is 0. The van der Waals surface area contributed by atoms with E-state index in [4.69, 9.17) is 4.74 Å². The van der Waals surface area contributed by atoms with Gasteiger partial charge in [0.2, 0.25) is 0 Å². The van der Waals surface area contributed by atoms with Gasteiger partial charge >= 0.3 is 6.03 Å². The van der Waals surface area contributed by atoms with E-state index in [0.29, 0.717) is 12.4 Å². The molecule has 0 spiro atoms. The number of hydrogen-bond donors (Lipinski definition) is 2. The zero-order chi connectivity index (χ0) is 14.3. The number of aromatic nitrogens is 1. The average molecular weight is 266 g/mol. The van der Waals surface area contributed by atoms with Crippen molar-refractivity contribution in [2.24, 2.45) is 0 Å². The van der Waals surface area contributed by atoms with Gasteiger partial charge in [0.25, 0.3) is 0 Å². The number of carbonyl (C=O) groups excluding carboxylic acids is 1. The Kier molecular flexibility index (Phi) is 6.08. The molecule has 1 aromatic rings. The molecule has 0 bridgehead atoms. The van der Waals surface area contributed by atoms with Crippen LogP contribution in [0.25, 0.3) is 0 Å². The van der Waals surface area contributed by atoms with Gasteiger partial charge in [-0.2, -0.15) is 0 Å². The predicted octanol–water partition coefficient (Wildman–Crippen LogP) is 1.69.